The van der Waals surface area contributed by atoms with Gasteiger partial charge in [-0.15, -0.1) is 0 Å². The van der Waals surface area contributed by atoms with Gasteiger partial charge in [-0.25, -0.2) is 0 Å². The maximum atomic E-state index is 12.3. The van der Waals surface area contributed by atoms with E-state index in [1.165, 1.54) is 18.4 Å². The van der Waals surface area contributed by atoms with Gasteiger partial charge < -0.3 is 10.1 Å². The smallest absolute Gasteiger partial charge is 0.225 e. The highest BCUT2D eigenvalue weighted by Gasteiger charge is 2.44. The molecular weight excluding hydrogens is 300 g/mol. The van der Waals surface area contributed by atoms with Gasteiger partial charge in [-0.2, -0.15) is 0 Å². The van der Waals surface area contributed by atoms with E-state index in [0.717, 1.165) is 51.4 Å². The second-order valence-electron chi connectivity index (χ2n) is 7.85. The molecule has 0 bridgehead atoms. The molecule has 3 fully saturated rings. The van der Waals surface area contributed by atoms with Gasteiger partial charge in [0.15, 0.2) is 0 Å². The topological polar surface area (TPSA) is 41.6 Å². The van der Waals surface area contributed by atoms with Crippen molar-refractivity contribution in [3.63, 3.8) is 0 Å². The van der Waals surface area contributed by atoms with E-state index in [4.69, 9.17) is 4.74 Å². The zero-order valence-corrected chi connectivity index (χ0v) is 14.4. The number of piperidine rings is 1. The van der Waals surface area contributed by atoms with Gasteiger partial charge in [0.1, 0.15) is 0 Å². The lowest BCUT2D eigenvalue weighted by Crippen LogP contribution is -2.44. The largest absolute Gasteiger partial charge is 0.374 e. The number of amides is 1. The van der Waals surface area contributed by atoms with Crippen LogP contribution in [0.5, 0.6) is 0 Å². The summed E-state index contributed by atoms with van der Waals surface area (Å²) in [5, 5.41) is 3.12. The summed E-state index contributed by atoms with van der Waals surface area (Å²) in [6.07, 6.45) is 5.56. The summed E-state index contributed by atoms with van der Waals surface area (Å²) in [4.78, 5) is 14.8. The average Bonchev–Trinajstić information content (AvgIpc) is 3.36. The van der Waals surface area contributed by atoms with Crippen LogP contribution in [0.3, 0.4) is 0 Å². The normalized spacial score (nSPS) is 26.6. The van der Waals surface area contributed by atoms with Gasteiger partial charge in [-0.3, -0.25) is 9.69 Å². The number of benzene rings is 1. The molecule has 1 unspecified atom stereocenters. The molecule has 0 radical (unpaired) electrons. The Labute approximate surface area is 144 Å². The highest BCUT2D eigenvalue weighted by Crippen LogP contribution is 2.39. The Morgan fingerprint density at radius 2 is 1.96 bits per heavy atom. The third kappa shape index (κ3) is 3.81. The van der Waals surface area contributed by atoms with E-state index >= 15 is 0 Å². The molecule has 1 spiro atoms. The number of carbonyl (C=O) groups excluding carboxylic acids is 1. The van der Waals surface area contributed by atoms with E-state index in [0.29, 0.717) is 6.61 Å². The quantitative estimate of drug-likeness (QED) is 0.903. The number of nitrogens with zero attached hydrogens (tertiary/aromatic N) is 1. The first kappa shape index (κ1) is 16.1. The summed E-state index contributed by atoms with van der Waals surface area (Å²) in [6.45, 7) is 4.61. The molecule has 1 amide bonds. The van der Waals surface area contributed by atoms with Crippen LogP contribution in [0, 0.1) is 11.8 Å². The fourth-order valence-corrected chi connectivity index (χ4v) is 4.03. The van der Waals surface area contributed by atoms with Gasteiger partial charge in [0, 0.05) is 26.2 Å². The number of hydrogen-bond acceptors (Lipinski definition) is 3. The van der Waals surface area contributed by atoms with Crippen molar-refractivity contribution in [2.45, 2.75) is 44.2 Å². The van der Waals surface area contributed by atoms with Crippen LogP contribution in [0.15, 0.2) is 30.3 Å². The summed E-state index contributed by atoms with van der Waals surface area (Å²) in [5.74, 6) is 1.02. The molecule has 1 N–H and O–H groups in total. The van der Waals surface area contributed by atoms with Gasteiger partial charge in [0.2, 0.25) is 5.91 Å². The molecule has 3 aliphatic rings. The number of ether oxygens (including phenoxy) is 1. The molecule has 4 heteroatoms. The molecule has 1 aromatic carbocycles. The van der Waals surface area contributed by atoms with Crippen molar-refractivity contribution in [3.8, 4) is 0 Å². The van der Waals surface area contributed by atoms with Crippen LogP contribution >= 0.6 is 0 Å². The predicted octanol–water partition coefficient (Wildman–Crippen LogP) is 2.58. The molecule has 0 aromatic heterocycles. The van der Waals surface area contributed by atoms with Crippen LogP contribution in [0.25, 0.3) is 0 Å². The van der Waals surface area contributed by atoms with Crippen LogP contribution in [-0.4, -0.2) is 42.6 Å². The van der Waals surface area contributed by atoms with E-state index in [9.17, 15) is 4.79 Å². The van der Waals surface area contributed by atoms with Crippen molar-refractivity contribution in [1.82, 2.24) is 10.2 Å². The average molecular weight is 328 g/mol. The summed E-state index contributed by atoms with van der Waals surface area (Å²) in [5.41, 5.74) is 1.33. The Hall–Kier alpha value is -1.39. The second-order valence-corrected chi connectivity index (χ2v) is 7.85. The zero-order chi connectivity index (χ0) is 16.4. The van der Waals surface area contributed by atoms with Crippen molar-refractivity contribution < 1.29 is 9.53 Å². The Morgan fingerprint density at radius 1 is 1.21 bits per heavy atom. The molecule has 24 heavy (non-hydrogen) atoms. The van der Waals surface area contributed by atoms with E-state index in [1.54, 1.807) is 0 Å². The number of hydrogen-bond donors (Lipinski definition) is 1. The lowest BCUT2D eigenvalue weighted by molar-refractivity contribution is -0.125. The van der Waals surface area contributed by atoms with Crippen molar-refractivity contribution >= 4 is 5.91 Å². The number of rotatable bonds is 5. The van der Waals surface area contributed by atoms with Crippen LogP contribution in [-0.2, 0) is 16.1 Å². The molecule has 2 heterocycles. The first-order chi connectivity index (χ1) is 11.7. The zero-order valence-electron chi connectivity index (χ0n) is 14.4. The lowest BCUT2D eigenvalue weighted by Gasteiger charge is -2.38. The molecule has 2 aliphatic heterocycles. The minimum Gasteiger partial charge on any atom is -0.374 e. The standard InChI is InChI=1S/C20H28N2O2/c23-19(21-13-16-6-7-16)18-12-20(24-15-18)8-10-22(11-9-20)14-17-4-2-1-3-5-17/h1-5,16,18H,6-15H2,(H,21,23). The van der Waals surface area contributed by atoms with Crippen molar-refractivity contribution in [2.24, 2.45) is 11.8 Å². The van der Waals surface area contributed by atoms with E-state index < -0.39 is 0 Å². The minimum absolute atomic E-state index is 0.0468. The molecule has 4 rings (SSSR count). The molecule has 2 saturated heterocycles. The molecule has 1 saturated carbocycles. The highest BCUT2D eigenvalue weighted by molar-refractivity contribution is 5.79. The summed E-state index contributed by atoms with van der Waals surface area (Å²) in [7, 11) is 0. The lowest BCUT2D eigenvalue weighted by atomic mass is 9.85. The predicted molar refractivity (Wildman–Crippen MR) is 93.5 cm³/mol. The number of likely N-dealkylation sites (tertiary alicyclic amines) is 1. The monoisotopic (exact) mass is 328 g/mol. The first-order valence-electron chi connectivity index (χ1n) is 9.40. The third-order valence-electron chi connectivity index (χ3n) is 5.86. The summed E-state index contributed by atoms with van der Waals surface area (Å²) >= 11 is 0. The Bertz CT molecular complexity index is 562. The molecule has 130 valence electrons. The van der Waals surface area contributed by atoms with Crippen molar-refractivity contribution in [1.29, 1.82) is 0 Å². The highest BCUT2D eigenvalue weighted by atomic mass is 16.5. The Balaban J connectivity index is 1.25. The maximum absolute atomic E-state index is 12.3. The van der Waals surface area contributed by atoms with E-state index in [-0.39, 0.29) is 17.4 Å². The van der Waals surface area contributed by atoms with E-state index in [2.05, 4.69) is 40.5 Å². The Morgan fingerprint density at radius 3 is 2.67 bits per heavy atom. The van der Waals surface area contributed by atoms with Crippen LogP contribution in [0.1, 0.15) is 37.7 Å². The fourth-order valence-electron chi connectivity index (χ4n) is 4.03. The van der Waals surface area contributed by atoms with Crippen LogP contribution < -0.4 is 5.32 Å². The number of carbonyl (C=O) groups is 1. The number of nitrogens with one attached hydrogen (secondary N) is 1. The third-order valence-corrected chi connectivity index (χ3v) is 5.86. The molecule has 4 nitrogen and oxygen atoms in total. The molecule has 1 aliphatic carbocycles. The first-order valence-corrected chi connectivity index (χ1v) is 9.40. The van der Waals surface area contributed by atoms with Crippen LogP contribution in [0.4, 0.5) is 0 Å². The van der Waals surface area contributed by atoms with Crippen molar-refractivity contribution in [3.05, 3.63) is 35.9 Å². The van der Waals surface area contributed by atoms with Gasteiger partial charge in [-0.05, 0) is 43.6 Å². The molecule has 1 atom stereocenters. The van der Waals surface area contributed by atoms with E-state index in [1.807, 2.05) is 0 Å². The van der Waals surface area contributed by atoms with Crippen molar-refractivity contribution in [2.75, 3.05) is 26.2 Å². The minimum atomic E-state index is -0.0468. The van der Waals surface area contributed by atoms with Crippen LogP contribution in [0.2, 0.25) is 0 Å². The summed E-state index contributed by atoms with van der Waals surface area (Å²) < 4.78 is 6.15. The van der Waals surface area contributed by atoms with Gasteiger partial charge in [-0.1, -0.05) is 30.3 Å². The van der Waals surface area contributed by atoms with Gasteiger partial charge in [0.05, 0.1) is 18.1 Å². The van der Waals surface area contributed by atoms with Gasteiger partial charge >= 0.3 is 0 Å². The molecule has 1 aromatic rings. The summed E-state index contributed by atoms with van der Waals surface area (Å²) in [6, 6.07) is 10.7. The second kappa shape index (κ2) is 6.85. The van der Waals surface area contributed by atoms with Gasteiger partial charge in [0.25, 0.3) is 0 Å². The Kier molecular flexibility index (Phi) is 4.59. The maximum Gasteiger partial charge on any atom is 0.225 e. The fraction of sp³-hybridized carbons (Fsp3) is 0.650. The molecular formula is C20H28N2O2. The SMILES string of the molecule is O=C(NCC1CC1)C1COC2(CCN(Cc3ccccc3)CC2)C1.